The first-order valence-electron chi connectivity index (χ1n) is 7.14. The minimum Gasteiger partial charge on any atom is -0.483 e. The number of nitrogens with one attached hydrogen (secondary N) is 1. The SMILES string of the molecule is Cc1cc(C)c(OCC(=O)Nc2cccc(Cl)c2C)c(C)c1. The fourth-order valence-electron chi connectivity index (χ4n) is 2.46. The number of hydrogen-bond donors (Lipinski definition) is 1. The van der Waals surface area contributed by atoms with Crippen LogP contribution in [0, 0.1) is 27.7 Å². The zero-order valence-electron chi connectivity index (χ0n) is 13.3. The highest BCUT2D eigenvalue weighted by atomic mass is 35.5. The largest absolute Gasteiger partial charge is 0.483 e. The van der Waals surface area contributed by atoms with E-state index in [0.29, 0.717) is 10.7 Å². The Morgan fingerprint density at radius 1 is 1.14 bits per heavy atom. The van der Waals surface area contributed by atoms with Crippen LogP contribution in [0.4, 0.5) is 5.69 Å². The number of carbonyl (C=O) groups is 1. The van der Waals surface area contributed by atoms with Crippen molar-refractivity contribution in [1.82, 2.24) is 0 Å². The third kappa shape index (κ3) is 3.80. The van der Waals surface area contributed by atoms with Gasteiger partial charge in [0.2, 0.25) is 0 Å². The summed E-state index contributed by atoms with van der Waals surface area (Å²) in [6, 6.07) is 9.51. The van der Waals surface area contributed by atoms with Crippen LogP contribution in [0.15, 0.2) is 30.3 Å². The zero-order valence-corrected chi connectivity index (χ0v) is 14.0. The van der Waals surface area contributed by atoms with Crippen molar-refractivity contribution in [3.05, 3.63) is 57.6 Å². The quantitative estimate of drug-likeness (QED) is 0.895. The summed E-state index contributed by atoms with van der Waals surface area (Å²) in [6.45, 7) is 7.84. The van der Waals surface area contributed by atoms with Gasteiger partial charge in [-0.25, -0.2) is 0 Å². The summed E-state index contributed by atoms with van der Waals surface area (Å²) in [6.07, 6.45) is 0. The highest BCUT2D eigenvalue weighted by Gasteiger charge is 2.10. The monoisotopic (exact) mass is 317 g/mol. The third-order valence-corrected chi connectivity index (χ3v) is 3.90. The van der Waals surface area contributed by atoms with Crippen molar-refractivity contribution in [1.29, 1.82) is 0 Å². The number of rotatable bonds is 4. The lowest BCUT2D eigenvalue weighted by molar-refractivity contribution is -0.118. The summed E-state index contributed by atoms with van der Waals surface area (Å²) in [5, 5.41) is 3.45. The Morgan fingerprint density at radius 2 is 1.77 bits per heavy atom. The molecule has 0 saturated carbocycles. The predicted octanol–water partition coefficient (Wildman–Crippen LogP) is 4.59. The average Bonchev–Trinajstić information content (AvgIpc) is 2.42. The highest BCUT2D eigenvalue weighted by Crippen LogP contribution is 2.25. The molecule has 1 N–H and O–H groups in total. The van der Waals surface area contributed by atoms with Crippen molar-refractivity contribution in [2.24, 2.45) is 0 Å². The number of anilines is 1. The van der Waals surface area contributed by atoms with Crippen molar-refractivity contribution >= 4 is 23.2 Å². The van der Waals surface area contributed by atoms with E-state index >= 15 is 0 Å². The van der Waals surface area contributed by atoms with Crippen molar-refractivity contribution in [2.75, 3.05) is 11.9 Å². The van der Waals surface area contributed by atoms with E-state index in [2.05, 4.69) is 5.32 Å². The normalized spacial score (nSPS) is 10.4. The maximum absolute atomic E-state index is 12.1. The van der Waals surface area contributed by atoms with E-state index < -0.39 is 0 Å². The van der Waals surface area contributed by atoms with E-state index in [-0.39, 0.29) is 12.5 Å². The molecule has 4 heteroatoms. The molecule has 0 aromatic heterocycles. The second-order valence-corrected chi connectivity index (χ2v) is 5.88. The molecule has 116 valence electrons. The van der Waals surface area contributed by atoms with Gasteiger partial charge in [0, 0.05) is 10.7 Å². The molecule has 0 bridgehead atoms. The summed E-state index contributed by atoms with van der Waals surface area (Å²) in [5.41, 5.74) is 4.80. The summed E-state index contributed by atoms with van der Waals surface area (Å²) in [5.74, 6) is 0.563. The van der Waals surface area contributed by atoms with Gasteiger partial charge >= 0.3 is 0 Å². The first-order chi connectivity index (χ1) is 10.4. The fourth-order valence-corrected chi connectivity index (χ4v) is 2.64. The Hall–Kier alpha value is -2.00. The summed E-state index contributed by atoms with van der Waals surface area (Å²) in [4.78, 5) is 12.1. The number of benzene rings is 2. The molecule has 22 heavy (non-hydrogen) atoms. The van der Waals surface area contributed by atoms with E-state index in [9.17, 15) is 4.79 Å². The van der Waals surface area contributed by atoms with Gasteiger partial charge in [0.25, 0.3) is 5.91 Å². The zero-order chi connectivity index (χ0) is 16.3. The standard InChI is InChI=1S/C18H20ClNO2/c1-11-8-12(2)18(13(3)9-11)22-10-17(21)20-16-7-5-6-15(19)14(16)4/h5-9H,10H2,1-4H3,(H,20,21). The Labute approximate surface area is 136 Å². The molecule has 1 amide bonds. The van der Waals surface area contributed by atoms with Gasteiger partial charge in [-0.1, -0.05) is 35.4 Å². The van der Waals surface area contributed by atoms with Gasteiger partial charge in [-0.2, -0.15) is 0 Å². The maximum atomic E-state index is 12.1. The lowest BCUT2D eigenvalue weighted by Crippen LogP contribution is -2.21. The number of ether oxygens (including phenoxy) is 1. The topological polar surface area (TPSA) is 38.3 Å². The van der Waals surface area contributed by atoms with E-state index in [0.717, 1.165) is 22.4 Å². The first kappa shape index (κ1) is 16.4. The molecule has 0 aliphatic rings. The minimum absolute atomic E-state index is 0.0311. The van der Waals surface area contributed by atoms with Crippen LogP contribution < -0.4 is 10.1 Å². The first-order valence-corrected chi connectivity index (χ1v) is 7.52. The second kappa shape index (κ2) is 6.84. The molecule has 0 atom stereocenters. The van der Waals surface area contributed by atoms with Crippen LogP contribution in [0.3, 0.4) is 0 Å². The van der Waals surface area contributed by atoms with E-state index in [1.807, 2.05) is 45.9 Å². The minimum atomic E-state index is -0.204. The van der Waals surface area contributed by atoms with Crippen LogP contribution in [-0.2, 0) is 4.79 Å². The number of halogens is 1. The van der Waals surface area contributed by atoms with Crippen LogP contribution in [0.2, 0.25) is 5.02 Å². The summed E-state index contributed by atoms with van der Waals surface area (Å²) < 4.78 is 5.68. The molecule has 2 rings (SSSR count). The Morgan fingerprint density at radius 3 is 2.41 bits per heavy atom. The molecule has 2 aromatic rings. The van der Waals surface area contributed by atoms with Gasteiger partial charge in [0.05, 0.1) is 0 Å². The average molecular weight is 318 g/mol. The summed E-state index contributed by atoms with van der Waals surface area (Å²) >= 11 is 6.04. The summed E-state index contributed by atoms with van der Waals surface area (Å²) in [7, 11) is 0. The van der Waals surface area contributed by atoms with Gasteiger partial charge < -0.3 is 10.1 Å². The molecular formula is C18H20ClNO2. The molecule has 0 heterocycles. The highest BCUT2D eigenvalue weighted by molar-refractivity contribution is 6.31. The molecule has 0 aliphatic heterocycles. The number of aryl methyl sites for hydroxylation is 3. The van der Waals surface area contributed by atoms with Crippen molar-refractivity contribution in [3.63, 3.8) is 0 Å². The molecule has 0 aliphatic carbocycles. The van der Waals surface area contributed by atoms with Crippen molar-refractivity contribution in [2.45, 2.75) is 27.7 Å². The van der Waals surface area contributed by atoms with Crippen LogP contribution in [-0.4, -0.2) is 12.5 Å². The van der Waals surface area contributed by atoms with Crippen LogP contribution in [0.25, 0.3) is 0 Å². The number of hydrogen-bond acceptors (Lipinski definition) is 2. The molecule has 0 spiro atoms. The molecule has 0 saturated heterocycles. The molecule has 0 radical (unpaired) electrons. The van der Waals surface area contributed by atoms with Gasteiger partial charge in [-0.05, 0) is 56.5 Å². The second-order valence-electron chi connectivity index (χ2n) is 5.48. The Kier molecular flexibility index (Phi) is 5.09. The third-order valence-electron chi connectivity index (χ3n) is 3.49. The van der Waals surface area contributed by atoms with Gasteiger partial charge in [-0.15, -0.1) is 0 Å². The number of carbonyl (C=O) groups excluding carboxylic acids is 1. The van der Waals surface area contributed by atoms with Crippen LogP contribution in [0.5, 0.6) is 5.75 Å². The maximum Gasteiger partial charge on any atom is 0.262 e. The van der Waals surface area contributed by atoms with Gasteiger partial charge in [0.15, 0.2) is 6.61 Å². The Balaban J connectivity index is 2.03. The van der Waals surface area contributed by atoms with Gasteiger partial charge in [-0.3, -0.25) is 4.79 Å². The lowest BCUT2D eigenvalue weighted by Gasteiger charge is -2.14. The lowest BCUT2D eigenvalue weighted by atomic mass is 10.1. The molecule has 0 unspecified atom stereocenters. The molecule has 0 fully saturated rings. The molecule has 3 nitrogen and oxygen atoms in total. The van der Waals surface area contributed by atoms with E-state index in [1.165, 1.54) is 5.56 Å². The Bertz CT molecular complexity index is 687. The van der Waals surface area contributed by atoms with E-state index in [4.69, 9.17) is 16.3 Å². The molecule has 2 aromatic carbocycles. The van der Waals surface area contributed by atoms with Gasteiger partial charge in [0.1, 0.15) is 5.75 Å². The number of amides is 1. The van der Waals surface area contributed by atoms with Crippen LogP contribution >= 0.6 is 11.6 Å². The van der Waals surface area contributed by atoms with Crippen molar-refractivity contribution < 1.29 is 9.53 Å². The van der Waals surface area contributed by atoms with E-state index in [1.54, 1.807) is 12.1 Å². The molecular weight excluding hydrogens is 298 g/mol. The van der Waals surface area contributed by atoms with Crippen LogP contribution in [0.1, 0.15) is 22.3 Å². The van der Waals surface area contributed by atoms with Crippen molar-refractivity contribution in [3.8, 4) is 5.75 Å². The predicted molar refractivity (Wildman–Crippen MR) is 91.0 cm³/mol. The smallest absolute Gasteiger partial charge is 0.262 e. The fraction of sp³-hybridized carbons (Fsp3) is 0.278.